The van der Waals surface area contributed by atoms with E-state index in [1.807, 2.05) is 32.9 Å². The largest absolute Gasteiger partial charge is 0.444 e. The number of anilines is 2. The Kier molecular flexibility index (Phi) is 8.67. The maximum atomic E-state index is 12.4. The Morgan fingerprint density at radius 3 is 2.58 bits per heavy atom. The first-order chi connectivity index (χ1) is 18.6. The van der Waals surface area contributed by atoms with Crippen LogP contribution in [0, 0.1) is 0 Å². The Bertz CT molecular complexity index is 1360. The maximum absolute atomic E-state index is 12.4. The molecule has 1 fully saturated rings. The zero-order valence-electron chi connectivity index (χ0n) is 24.7. The number of carbonyl (C=O) groups excluding carboxylic acids is 1. The van der Waals surface area contributed by atoms with Gasteiger partial charge in [0.2, 0.25) is 0 Å². The van der Waals surface area contributed by atoms with Gasteiger partial charge in [0.05, 0.1) is 16.9 Å². The summed E-state index contributed by atoms with van der Waals surface area (Å²) in [5, 5.41) is 8.32. The van der Waals surface area contributed by atoms with Crippen molar-refractivity contribution in [3.05, 3.63) is 29.4 Å². The fourth-order valence-electron chi connectivity index (χ4n) is 4.52. The molecule has 0 aliphatic carbocycles. The summed E-state index contributed by atoms with van der Waals surface area (Å²) in [6.45, 7) is 16.9. The third-order valence-electron chi connectivity index (χ3n) is 6.92. The van der Waals surface area contributed by atoms with Crippen LogP contribution in [0.25, 0.3) is 22.4 Å². The summed E-state index contributed by atoms with van der Waals surface area (Å²) in [5.74, 6) is 0.750. The smallest absolute Gasteiger partial charge is 0.408 e. The van der Waals surface area contributed by atoms with E-state index < -0.39 is 19.8 Å². The zero-order valence-corrected chi connectivity index (χ0v) is 26.4. The van der Waals surface area contributed by atoms with Crippen LogP contribution < -0.4 is 16.0 Å². The number of aromatic nitrogens is 4. The average Bonchev–Trinajstić information content (AvgIpc) is 3.19. The fraction of sp³-hybridized carbons (Fsp3) is 0.571. The normalized spacial score (nSPS) is 15.8. The van der Waals surface area contributed by atoms with Gasteiger partial charge in [-0.2, -0.15) is 5.10 Å². The number of benzene rings is 1. The molecule has 1 amide bonds. The van der Waals surface area contributed by atoms with Crippen LogP contribution >= 0.6 is 11.6 Å². The van der Waals surface area contributed by atoms with Gasteiger partial charge in [-0.05, 0) is 52.6 Å². The van der Waals surface area contributed by atoms with Gasteiger partial charge in [-0.15, -0.1) is 0 Å². The minimum absolute atomic E-state index is 0.261. The number of nitrogens with zero attached hydrogens (tertiary/aromatic N) is 5. The number of alkyl carbamates (subject to hydrolysis) is 1. The number of nitrogens with one attached hydrogen (secondary N) is 1. The van der Waals surface area contributed by atoms with E-state index in [1.165, 1.54) is 0 Å². The summed E-state index contributed by atoms with van der Waals surface area (Å²) in [6.07, 6.45) is 2.87. The van der Waals surface area contributed by atoms with E-state index in [1.54, 1.807) is 16.9 Å². The number of carbonyl (C=O) groups is 1. The van der Waals surface area contributed by atoms with Crippen LogP contribution in [0.4, 0.5) is 16.3 Å². The van der Waals surface area contributed by atoms with Gasteiger partial charge in [-0.1, -0.05) is 43.4 Å². The van der Waals surface area contributed by atoms with E-state index in [2.05, 4.69) is 36.8 Å². The second-order valence-electron chi connectivity index (χ2n) is 13.0. The highest BCUT2D eigenvalue weighted by atomic mass is 35.5. The van der Waals surface area contributed by atoms with E-state index in [4.69, 9.17) is 41.9 Å². The lowest BCUT2D eigenvalue weighted by Crippen LogP contribution is -2.54. The number of hydrogen-bond donors (Lipinski definition) is 2. The van der Waals surface area contributed by atoms with Crippen molar-refractivity contribution in [2.45, 2.75) is 84.1 Å². The Morgan fingerprint density at radius 1 is 1.23 bits per heavy atom. The van der Waals surface area contributed by atoms with Crippen molar-refractivity contribution in [3.8, 4) is 11.3 Å². The molecule has 0 unspecified atom stereocenters. The molecule has 0 bridgehead atoms. The maximum Gasteiger partial charge on any atom is 0.408 e. The summed E-state index contributed by atoms with van der Waals surface area (Å²) in [6, 6.07) is 6.55. The van der Waals surface area contributed by atoms with Gasteiger partial charge in [0, 0.05) is 38.9 Å². The van der Waals surface area contributed by atoms with Crippen molar-refractivity contribution < 1.29 is 14.3 Å². The van der Waals surface area contributed by atoms with Crippen LogP contribution in [-0.4, -0.2) is 64.8 Å². The molecule has 2 aromatic heterocycles. The van der Waals surface area contributed by atoms with E-state index in [0.29, 0.717) is 52.8 Å². The first-order valence-corrected chi connectivity index (χ1v) is 17.8. The number of nitrogens with two attached hydrogens (primary N) is 1. The lowest BCUT2D eigenvalue weighted by atomic mass is 9.90. The number of hydrogen-bond acceptors (Lipinski definition) is 8. The first-order valence-electron chi connectivity index (χ1n) is 13.8. The zero-order chi connectivity index (χ0) is 29.3. The van der Waals surface area contributed by atoms with E-state index in [9.17, 15) is 4.79 Å². The van der Waals surface area contributed by atoms with Gasteiger partial charge < -0.3 is 25.4 Å². The number of amides is 1. The van der Waals surface area contributed by atoms with Gasteiger partial charge in [-0.25, -0.2) is 19.4 Å². The van der Waals surface area contributed by atoms with Crippen LogP contribution in [0.5, 0.6) is 0 Å². The standard InChI is InChI=1S/C28H42ClN7O3Si/c1-27(2,3)39-26(37)33-28(4)11-13-35(14-12-28)21-17-31-24-23(19-9-8-10-20(30)22(19)29)34-36(25(24)32-21)18-38-15-16-40(5,6)7/h8-10,17H,11-16,18,30H2,1-7H3,(H,33,37). The van der Waals surface area contributed by atoms with Gasteiger partial charge in [0.25, 0.3) is 0 Å². The topological polar surface area (TPSA) is 120 Å². The number of nitrogen functional groups attached to an aromatic ring is 1. The first kappa shape index (κ1) is 30.1. The van der Waals surface area contributed by atoms with Gasteiger partial charge in [0.1, 0.15) is 29.4 Å². The Labute approximate surface area is 242 Å². The van der Waals surface area contributed by atoms with Gasteiger partial charge in [0.15, 0.2) is 5.65 Å². The third kappa shape index (κ3) is 7.44. The molecular formula is C28H42ClN7O3Si. The SMILES string of the molecule is CC1(NC(=O)OC(C)(C)C)CCN(c2cnc3c(-c4cccc(N)c4Cl)nn(COCC[Si](C)(C)C)c3n2)CC1. The number of ether oxygens (including phenoxy) is 2. The van der Waals surface area contributed by atoms with Crippen LogP contribution in [0.15, 0.2) is 24.4 Å². The Morgan fingerprint density at radius 2 is 1.93 bits per heavy atom. The molecule has 3 aromatic rings. The van der Waals surface area contributed by atoms with Crippen LogP contribution in [0.2, 0.25) is 30.7 Å². The summed E-state index contributed by atoms with van der Waals surface area (Å²) < 4.78 is 13.3. The number of rotatable bonds is 8. The van der Waals surface area contributed by atoms with E-state index >= 15 is 0 Å². The molecule has 0 spiro atoms. The van der Waals surface area contributed by atoms with Crippen LogP contribution in [0.1, 0.15) is 40.5 Å². The molecule has 0 saturated carbocycles. The van der Waals surface area contributed by atoms with Crippen molar-refractivity contribution in [3.63, 3.8) is 0 Å². The fourth-order valence-corrected chi connectivity index (χ4v) is 5.50. The molecule has 218 valence electrons. The number of piperidine rings is 1. The van der Waals surface area contributed by atoms with Crippen molar-refractivity contribution in [1.29, 1.82) is 0 Å². The van der Waals surface area contributed by atoms with E-state index in [0.717, 1.165) is 24.7 Å². The number of halogens is 1. The average molecular weight is 588 g/mol. The highest BCUT2D eigenvalue weighted by Gasteiger charge is 2.34. The molecule has 1 aliphatic rings. The Hall–Kier alpha value is -2.89. The minimum Gasteiger partial charge on any atom is -0.444 e. The quantitative estimate of drug-likeness (QED) is 0.189. The molecule has 1 aliphatic heterocycles. The minimum atomic E-state index is -1.23. The highest BCUT2D eigenvalue weighted by Crippen LogP contribution is 2.35. The Balaban J connectivity index is 1.57. The molecule has 3 N–H and O–H groups in total. The molecule has 12 heteroatoms. The summed E-state index contributed by atoms with van der Waals surface area (Å²) in [5.41, 5.74) is 8.25. The molecule has 1 saturated heterocycles. The molecule has 40 heavy (non-hydrogen) atoms. The lowest BCUT2D eigenvalue weighted by molar-refractivity contribution is 0.0448. The molecule has 3 heterocycles. The van der Waals surface area contributed by atoms with E-state index in [-0.39, 0.29) is 12.3 Å². The molecule has 0 atom stereocenters. The van der Waals surface area contributed by atoms with Crippen molar-refractivity contribution in [1.82, 2.24) is 25.1 Å². The number of fused-ring (bicyclic) bond motifs is 1. The molecule has 0 radical (unpaired) electrons. The molecule has 4 rings (SSSR count). The third-order valence-corrected chi connectivity index (χ3v) is 9.04. The lowest BCUT2D eigenvalue weighted by Gasteiger charge is -2.40. The molecule has 10 nitrogen and oxygen atoms in total. The summed E-state index contributed by atoms with van der Waals surface area (Å²) in [4.78, 5) is 24.4. The van der Waals surface area contributed by atoms with Crippen molar-refractivity contribution >= 4 is 48.4 Å². The summed E-state index contributed by atoms with van der Waals surface area (Å²) >= 11 is 6.57. The highest BCUT2D eigenvalue weighted by molar-refractivity contribution is 6.76. The van der Waals surface area contributed by atoms with Crippen molar-refractivity contribution in [2.75, 3.05) is 30.3 Å². The van der Waals surface area contributed by atoms with Crippen LogP contribution in [-0.2, 0) is 16.2 Å². The molecule has 1 aromatic carbocycles. The monoisotopic (exact) mass is 587 g/mol. The molecular weight excluding hydrogens is 546 g/mol. The van der Waals surface area contributed by atoms with Gasteiger partial charge in [-0.3, -0.25) is 0 Å². The predicted molar refractivity (Wildman–Crippen MR) is 164 cm³/mol. The van der Waals surface area contributed by atoms with Crippen LogP contribution in [0.3, 0.4) is 0 Å². The second kappa shape index (κ2) is 11.5. The van der Waals surface area contributed by atoms with Gasteiger partial charge >= 0.3 is 6.09 Å². The second-order valence-corrected chi connectivity index (χ2v) is 19.0. The summed E-state index contributed by atoms with van der Waals surface area (Å²) in [7, 11) is -1.23. The predicted octanol–water partition coefficient (Wildman–Crippen LogP) is 5.92. The van der Waals surface area contributed by atoms with Crippen molar-refractivity contribution in [2.24, 2.45) is 0 Å².